The van der Waals surface area contributed by atoms with Gasteiger partial charge in [0.05, 0.1) is 32.9 Å². The van der Waals surface area contributed by atoms with Gasteiger partial charge >= 0.3 is 6.03 Å². The molecule has 0 aliphatic carbocycles. The molecule has 1 aliphatic heterocycles. The number of amides is 4. The zero-order chi connectivity index (χ0) is 27.1. The predicted molar refractivity (Wildman–Crippen MR) is 144 cm³/mol. The van der Waals surface area contributed by atoms with Gasteiger partial charge in [-0.05, 0) is 72.6 Å². The number of urea groups is 1. The van der Waals surface area contributed by atoms with Crippen molar-refractivity contribution in [1.29, 1.82) is 0 Å². The molecule has 3 aromatic carbocycles. The molecule has 1 unspecified atom stereocenters. The van der Waals surface area contributed by atoms with Crippen molar-refractivity contribution < 1.29 is 28.6 Å². The SMILES string of the molecule is CCCOc1ccc(NC(=O)CC2C(=O)N(c3ccc(OC)cc3)C(=O)N2Cc2ccc(OC)cc2)cc1. The molecule has 0 aromatic heterocycles. The number of rotatable bonds is 11. The lowest BCUT2D eigenvalue weighted by Gasteiger charge is -2.22. The molecule has 1 aliphatic rings. The van der Waals surface area contributed by atoms with Gasteiger partial charge in [-0.25, -0.2) is 9.69 Å². The van der Waals surface area contributed by atoms with E-state index in [-0.39, 0.29) is 18.9 Å². The van der Waals surface area contributed by atoms with E-state index in [4.69, 9.17) is 14.2 Å². The number of hydrogen-bond acceptors (Lipinski definition) is 6. The standard InChI is InChI=1S/C29H31N3O6/c1-4-17-38-25-13-7-21(8-14-25)30-27(33)18-26-28(34)32(22-9-15-24(37-3)16-10-22)29(35)31(26)19-20-5-11-23(36-2)12-6-20/h5-16,26H,4,17-19H2,1-3H3,(H,30,33). The fourth-order valence-corrected chi connectivity index (χ4v) is 4.15. The van der Waals surface area contributed by atoms with Gasteiger partial charge in [-0.1, -0.05) is 19.1 Å². The Morgan fingerprint density at radius 2 is 1.42 bits per heavy atom. The Kier molecular flexibility index (Phi) is 8.47. The first-order chi connectivity index (χ1) is 18.4. The maximum absolute atomic E-state index is 13.5. The Balaban J connectivity index is 1.54. The summed E-state index contributed by atoms with van der Waals surface area (Å²) in [4.78, 5) is 42.6. The van der Waals surface area contributed by atoms with Crippen LogP contribution in [-0.2, 0) is 16.1 Å². The molecule has 1 heterocycles. The Hall–Kier alpha value is -4.53. The summed E-state index contributed by atoms with van der Waals surface area (Å²) < 4.78 is 16.0. The first-order valence-electron chi connectivity index (χ1n) is 12.4. The number of carbonyl (C=O) groups is 3. The van der Waals surface area contributed by atoms with Gasteiger partial charge in [0.15, 0.2) is 0 Å². The average Bonchev–Trinajstić information content (AvgIpc) is 3.16. The van der Waals surface area contributed by atoms with Gasteiger partial charge in [0.1, 0.15) is 23.3 Å². The predicted octanol–water partition coefficient (Wildman–Crippen LogP) is 4.86. The van der Waals surface area contributed by atoms with Crippen molar-refractivity contribution in [2.45, 2.75) is 32.4 Å². The summed E-state index contributed by atoms with van der Waals surface area (Å²) in [6, 6.07) is 19.4. The number of benzene rings is 3. The van der Waals surface area contributed by atoms with E-state index in [0.717, 1.165) is 16.9 Å². The third kappa shape index (κ3) is 6.05. The number of anilines is 2. The van der Waals surface area contributed by atoms with E-state index < -0.39 is 18.0 Å². The zero-order valence-electron chi connectivity index (χ0n) is 21.7. The van der Waals surface area contributed by atoms with Gasteiger partial charge in [0, 0.05) is 12.2 Å². The van der Waals surface area contributed by atoms with Crippen LogP contribution >= 0.6 is 0 Å². The first kappa shape index (κ1) is 26.5. The van der Waals surface area contributed by atoms with Crippen molar-refractivity contribution >= 4 is 29.2 Å². The number of imide groups is 1. The number of carbonyl (C=O) groups excluding carboxylic acids is 3. The monoisotopic (exact) mass is 517 g/mol. The molecule has 0 radical (unpaired) electrons. The molecule has 1 N–H and O–H groups in total. The van der Waals surface area contributed by atoms with Crippen LogP contribution in [0.25, 0.3) is 0 Å². The summed E-state index contributed by atoms with van der Waals surface area (Å²) in [6.45, 7) is 2.79. The van der Waals surface area contributed by atoms with Crippen LogP contribution in [0.5, 0.6) is 17.2 Å². The van der Waals surface area contributed by atoms with E-state index in [9.17, 15) is 14.4 Å². The van der Waals surface area contributed by atoms with E-state index in [1.165, 1.54) is 12.0 Å². The molecule has 1 atom stereocenters. The fourth-order valence-electron chi connectivity index (χ4n) is 4.15. The zero-order valence-corrected chi connectivity index (χ0v) is 21.7. The highest BCUT2D eigenvalue weighted by Crippen LogP contribution is 2.30. The van der Waals surface area contributed by atoms with Crippen LogP contribution in [-0.4, -0.2) is 49.6 Å². The molecule has 38 heavy (non-hydrogen) atoms. The lowest BCUT2D eigenvalue weighted by molar-refractivity contribution is -0.124. The molecule has 1 fully saturated rings. The lowest BCUT2D eigenvalue weighted by atomic mass is 10.1. The molecule has 4 amide bonds. The Labute approximate surface area is 221 Å². The molecular formula is C29H31N3O6. The van der Waals surface area contributed by atoms with Crippen molar-refractivity contribution in [2.75, 3.05) is 31.0 Å². The second-order valence-corrected chi connectivity index (χ2v) is 8.77. The summed E-state index contributed by atoms with van der Waals surface area (Å²) >= 11 is 0. The van der Waals surface area contributed by atoms with Crippen LogP contribution in [0.15, 0.2) is 72.8 Å². The van der Waals surface area contributed by atoms with Crippen molar-refractivity contribution in [2.24, 2.45) is 0 Å². The van der Waals surface area contributed by atoms with Gasteiger partial charge < -0.3 is 24.4 Å². The molecule has 1 saturated heterocycles. The summed E-state index contributed by atoms with van der Waals surface area (Å²) in [5, 5.41) is 2.82. The summed E-state index contributed by atoms with van der Waals surface area (Å²) in [7, 11) is 3.11. The maximum atomic E-state index is 13.5. The summed E-state index contributed by atoms with van der Waals surface area (Å²) in [6.07, 6.45) is 0.703. The molecule has 3 aromatic rings. The lowest BCUT2D eigenvalue weighted by Crippen LogP contribution is -2.37. The van der Waals surface area contributed by atoms with E-state index in [1.54, 1.807) is 67.8 Å². The largest absolute Gasteiger partial charge is 0.497 e. The van der Waals surface area contributed by atoms with Gasteiger partial charge in [0.2, 0.25) is 5.91 Å². The van der Waals surface area contributed by atoms with E-state index >= 15 is 0 Å². The third-order valence-corrected chi connectivity index (χ3v) is 6.15. The van der Waals surface area contributed by atoms with Gasteiger partial charge in [-0.3, -0.25) is 9.59 Å². The highest BCUT2D eigenvalue weighted by Gasteiger charge is 2.46. The molecular weight excluding hydrogens is 486 g/mol. The van der Waals surface area contributed by atoms with Crippen LogP contribution in [0.2, 0.25) is 0 Å². The third-order valence-electron chi connectivity index (χ3n) is 6.15. The molecule has 9 heteroatoms. The minimum absolute atomic E-state index is 0.155. The summed E-state index contributed by atoms with van der Waals surface area (Å²) in [5.41, 5.74) is 1.78. The minimum Gasteiger partial charge on any atom is -0.497 e. The smallest absolute Gasteiger partial charge is 0.332 e. The molecule has 9 nitrogen and oxygen atoms in total. The fraction of sp³-hybridized carbons (Fsp3) is 0.276. The van der Waals surface area contributed by atoms with E-state index in [2.05, 4.69) is 5.32 Å². The topological polar surface area (TPSA) is 97.4 Å². The molecule has 4 rings (SSSR count). The van der Waals surface area contributed by atoms with E-state index in [0.29, 0.717) is 35.2 Å². The Morgan fingerprint density at radius 1 is 0.842 bits per heavy atom. The van der Waals surface area contributed by atoms with Gasteiger partial charge in [0.25, 0.3) is 5.91 Å². The minimum atomic E-state index is -0.973. The number of ether oxygens (including phenoxy) is 3. The van der Waals surface area contributed by atoms with Gasteiger partial charge in [-0.2, -0.15) is 0 Å². The average molecular weight is 518 g/mol. The molecule has 0 saturated carbocycles. The van der Waals surface area contributed by atoms with Gasteiger partial charge in [-0.15, -0.1) is 0 Å². The number of nitrogens with one attached hydrogen (secondary N) is 1. The second kappa shape index (κ2) is 12.1. The Bertz CT molecular complexity index is 1260. The van der Waals surface area contributed by atoms with Crippen LogP contribution in [0.4, 0.5) is 16.2 Å². The number of hydrogen-bond donors (Lipinski definition) is 1. The van der Waals surface area contributed by atoms with Crippen molar-refractivity contribution in [3.63, 3.8) is 0 Å². The van der Waals surface area contributed by atoms with Crippen molar-refractivity contribution in [1.82, 2.24) is 4.90 Å². The molecule has 0 bridgehead atoms. The molecule has 0 spiro atoms. The highest BCUT2D eigenvalue weighted by molar-refractivity contribution is 6.22. The van der Waals surface area contributed by atoms with Crippen molar-refractivity contribution in [3.8, 4) is 17.2 Å². The van der Waals surface area contributed by atoms with Crippen LogP contribution in [0.1, 0.15) is 25.3 Å². The van der Waals surface area contributed by atoms with Crippen LogP contribution in [0, 0.1) is 0 Å². The van der Waals surface area contributed by atoms with E-state index in [1.807, 2.05) is 19.1 Å². The first-order valence-corrected chi connectivity index (χ1v) is 12.4. The second-order valence-electron chi connectivity index (χ2n) is 8.77. The maximum Gasteiger partial charge on any atom is 0.332 e. The Morgan fingerprint density at radius 3 is 2.00 bits per heavy atom. The van der Waals surface area contributed by atoms with Crippen LogP contribution in [0.3, 0.4) is 0 Å². The number of nitrogens with zero attached hydrogens (tertiary/aromatic N) is 2. The number of methoxy groups -OCH3 is 2. The highest BCUT2D eigenvalue weighted by atomic mass is 16.5. The van der Waals surface area contributed by atoms with Crippen molar-refractivity contribution in [3.05, 3.63) is 78.4 Å². The summed E-state index contributed by atoms with van der Waals surface area (Å²) in [5.74, 6) is 1.15. The van der Waals surface area contributed by atoms with Crippen LogP contribution < -0.4 is 24.4 Å². The molecule has 198 valence electrons. The normalized spacial score (nSPS) is 15.0. The quantitative estimate of drug-likeness (QED) is 0.365.